The fraction of sp³-hybridized carbons (Fsp3) is 0.188. The zero-order chi connectivity index (χ0) is 15.4. The van der Waals surface area contributed by atoms with E-state index < -0.39 is 0 Å². The minimum atomic E-state index is -0.189. The largest absolute Gasteiger partial charge is 0.338 e. The molecule has 3 rings (SSSR count). The van der Waals surface area contributed by atoms with Crippen LogP contribution >= 0.6 is 0 Å². The van der Waals surface area contributed by atoms with Crippen molar-refractivity contribution in [2.45, 2.75) is 6.42 Å². The average Bonchev–Trinajstić information content (AvgIpc) is 2.57. The molecule has 0 radical (unpaired) electrons. The van der Waals surface area contributed by atoms with E-state index in [0.29, 0.717) is 17.8 Å². The van der Waals surface area contributed by atoms with Crippen molar-refractivity contribution in [1.82, 2.24) is 10.3 Å². The fourth-order valence-electron chi connectivity index (χ4n) is 2.31. The zero-order valence-electron chi connectivity index (χ0n) is 12.0. The standard InChI is InChI=1S/C16H16N4O2/c21-15(12-6-9-17-10-7-12)19-13-2-4-14(5-3-13)20-11-1-8-18-16(20)22/h2-7,9-10H,1,8,11H2,(H,18,22)(H,19,21). The summed E-state index contributed by atoms with van der Waals surface area (Å²) >= 11 is 0. The van der Waals surface area contributed by atoms with Gasteiger partial charge >= 0.3 is 6.03 Å². The summed E-state index contributed by atoms with van der Waals surface area (Å²) in [4.78, 5) is 29.4. The summed E-state index contributed by atoms with van der Waals surface area (Å²) < 4.78 is 0. The second-order valence-electron chi connectivity index (χ2n) is 4.97. The molecule has 1 saturated heterocycles. The molecule has 0 unspecified atom stereocenters. The third-order valence-electron chi connectivity index (χ3n) is 3.46. The van der Waals surface area contributed by atoms with Crippen molar-refractivity contribution in [3.05, 3.63) is 54.4 Å². The van der Waals surface area contributed by atoms with Gasteiger partial charge < -0.3 is 10.6 Å². The van der Waals surface area contributed by atoms with Crippen molar-refractivity contribution >= 4 is 23.3 Å². The Bertz CT molecular complexity index is 670. The highest BCUT2D eigenvalue weighted by Crippen LogP contribution is 2.20. The second-order valence-corrected chi connectivity index (χ2v) is 4.97. The van der Waals surface area contributed by atoms with Crippen molar-refractivity contribution < 1.29 is 9.59 Å². The molecule has 6 nitrogen and oxygen atoms in total. The van der Waals surface area contributed by atoms with Crippen LogP contribution in [-0.2, 0) is 0 Å². The van der Waals surface area contributed by atoms with E-state index in [2.05, 4.69) is 15.6 Å². The van der Waals surface area contributed by atoms with E-state index in [0.717, 1.165) is 18.7 Å². The molecule has 2 aromatic rings. The summed E-state index contributed by atoms with van der Waals surface area (Å²) in [6.45, 7) is 1.42. The van der Waals surface area contributed by atoms with E-state index in [4.69, 9.17) is 0 Å². The van der Waals surface area contributed by atoms with Gasteiger partial charge in [-0.2, -0.15) is 0 Å². The van der Waals surface area contributed by atoms with Gasteiger partial charge in [0.15, 0.2) is 0 Å². The van der Waals surface area contributed by atoms with Gasteiger partial charge in [0.05, 0.1) is 0 Å². The van der Waals surface area contributed by atoms with E-state index in [-0.39, 0.29) is 11.9 Å². The van der Waals surface area contributed by atoms with Gasteiger partial charge in [-0.3, -0.25) is 14.7 Å². The summed E-state index contributed by atoms with van der Waals surface area (Å²) in [7, 11) is 0. The van der Waals surface area contributed by atoms with Crippen LogP contribution in [0.15, 0.2) is 48.8 Å². The van der Waals surface area contributed by atoms with Crippen LogP contribution in [0.2, 0.25) is 0 Å². The molecule has 22 heavy (non-hydrogen) atoms. The normalized spacial score (nSPS) is 14.4. The predicted octanol–water partition coefficient (Wildman–Crippen LogP) is 2.25. The Morgan fingerprint density at radius 3 is 2.55 bits per heavy atom. The molecule has 3 amide bonds. The third-order valence-corrected chi connectivity index (χ3v) is 3.46. The van der Waals surface area contributed by atoms with Crippen LogP contribution < -0.4 is 15.5 Å². The molecule has 1 aromatic heterocycles. The number of nitrogens with zero attached hydrogens (tertiary/aromatic N) is 2. The van der Waals surface area contributed by atoms with Gasteiger partial charge in [-0.05, 0) is 42.8 Å². The number of amides is 3. The van der Waals surface area contributed by atoms with Gasteiger partial charge in [0.1, 0.15) is 0 Å². The first kappa shape index (κ1) is 14.1. The van der Waals surface area contributed by atoms with Crippen LogP contribution in [0.1, 0.15) is 16.8 Å². The SMILES string of the molecule is O=C(Nc1ccc(N2CCCNC2=O)cc1)c1ccncc1. The van der Waals surface area contributed by atoms with Crippen LogP contribution in [0.25, 0.3) is 0 Å². The number of urea groups is 1. The Morgan fingerprint density at radius 2 is 1.86 bits per heavy atom. The molecular formula is C16H16N4O2. The van der Waals surface area contributed by atoms with Crippen LogP contribution in [-0.4, -0.2) is 30.0 Å². The number of carbonyl (C=O) groups excluding carboxylic acids is 2. The van der Waals surface area contributed by atoms with Crippen LogP contribution in [0, 0.1) is 0 Å². The maximum atomic E-state index is 12.0. The fourth-order valence-corrected chi connectivity index (χ4v) is 2.31. The van der Waals surface area contributed by atoms with E-state index in [1.165, 1.54) is 0 Å². The number of hydrogen-bond donors (Lipinski definition) is 2. The van der Waals surface area contributed by atoms with Crippen molar-refractivity contribution in [3.8, 4) is 0 Å². The highest BCUT2D eigenvalue weighted by Gasteiger charge is 2.18. The second kappa shape index (κ2) is 6.26. The Labute approximate surface area is 128 Å². The minimum absolute atomic E-state index is 0.0835. The van der Waals surface area contributed by atoms with Gasteiger partial charge in [0, 0.05) is 42.4 Å². The lowest BCUT2D eigenvalue weighted by Crippen LogP contribution is -2.46. The van der Waals surface area contributed by atoms with Crippen molar-refractivity contribution in [3.63, 3.8) is 0 Å². The highest BCUT2D eigenvalue weighted by atomic mass is 16.2. The predicted molar refractivity (Wildman–Crippen MR) is 84.0 cm³/mol. The molecule has 1 aromatic carbocycles. The molecule has 0 spiro atoms. The molecule has 2 N–H and O–H groups in total. The maximum absolute atomic E-state index is 12.0. The van der Waals surface area contributed by atoms with Gasteiger partial charge in [-0.25, -0.2) is 4.79 Å². The van der Waals surface area contributed by atoms with Crippen molar-refractivity contribution in [1.29, 1.82) is 0 Å². The lowest BCUT2D eigenvalue weighted by molar-refractivity contribution is 0.102. The number of anilines is 2. The number of benzene rings is 1. The highest BCUT2D eigenvalue weighted by molar-refractivity contribution is 6.04. The first-order valence-corrected chi connectivity index (χ1v) is 7.11. The Morgan fingerprint density at radius 1 is 1.14 bits per heavy atom. The van der Waals surface area contributed by atoms with Gasteiger partial charge in [-0.15, -0.1) is 0 Å². The number of rotatable bonds is 3. The molecule has 6 heteroatoms. The number of aromatic nitrogens is 1. The van der Waals surface area contributed by atoms with Crippen molar-refractivity contribution in [2.75, 3.05) is 23.3 Å². The van der Waals surface area contributed by atoms with Crippen molar-refractivity contribution in [2.24, 2.45) is 0 Å². The van der Waals surface area contributed by atoms with E-state index in [1.54, 1.807) is 41.6 Å². The molecule has 0 saturated carbocycles. The number of pyridine rings is 1. The molecule has 0 atom stereocenters. The molecule has 2 heterocycles. The minimum Gasteiger partial charge on any atom is -0.338 e. The van der Waals surface area contributed by atoms with E-state index in [9.17, 15) is 9.59 Å². The lowest BCUT2D eigenvalue weighted by atomic mass is 10.2. The molecule has 0 bridgehead atoms. The molecule has 0 aliphatic carbocycles. The first-order valence-electron chi connectivity index (χ1n) is 7.11. The Hall–Kier alpha value is -2.89. The smallest absolute Gasteiger partial charge is 0.321 e. The summed E-state index contributed by atoms with van der Waals surface area (Å²) in [6.07, 6.45) is 4.08. The summed E-state index contributed by atoms with van der Waals surface area (Å²) in [5.74, 6) is -0.189. The molecule has 1 aliphatic rings. The Balaban J connectivity index is 1.69. The monoisotopic (exact) mass is 296 g/mol. The number of carbonyl (C=O) groups is 2. The summed E-state index contributed by atoms with van der Waals surface area (Å²) in [5, 5.41) is 5.62. The first-order chi connectivity index (χ1) is 10.7. The van der Waals surface area contributed by atoms with Gasteiger partial charge in [0.25, 0.3) is 5.91 Å². The summed E-state index contributed by atoms with van der Waals surface area (Å²) in [6, 6.07) is 10.5. The summed E-state index contributed by atoms with van der Waals surface area (Å²) in [5.41, 5.74) is 2.05. The van der Waals surface area contributed by atoms with Gasteiger partial charge in [-0.1, -0.05) is 0 Å². The van der Waals surface area contributed by atoms with E-state index in [1.807, 2.05) is 12.1 Å². The van der Waals surface area contributed by atoms with E-state index >= 15 is 0 Å². The van der Waals surface area contributed by atoms with Crippen LogP contribution in [0.3, 0.4) is 0 Å². The molecule has 112 valence electrons. The number of hydrogen-bond acceptors (Lipinski definition) is 3. The van der Waals surface area contributed by atoms with Crippen LogP contribution in [0.4, 0.5) is 16.2 Å². The van der Waals surface area contributed by atoms with Crippen LogP contribution in [0.5, 0.6) is 0 Å². The zero-order valence-corrected chi connectivity index (χ0v) is 12.0. The molecular weight excluding hydrogens is 280 g/mol. The average molecular weight is 296 g/mol. The molecule has 1 aliphatic heterocycles. The third kappa shape index (κ3) is 3.06. The lowest BCUT2D eigenvalue weighted by Gasteiger charge is -2.27. The Kier molecular flexibility index (Phi) is 4.00. The number of nitrogens with one attached hydrogen (secondary N) is 2. The molecule has 1 fully saturated rings. The topological polar surface area (TPSA) is 74.3 Å². The quantitative estimate of drug-likeness (QED) is 0.912. The maximum Gasteiger partial charge on any atom is 0.321 e. The van der Waals surface area contributed by atoms with Gasteiger partial charge in [0.2, 0.25) is 0 Å².